The van der Waals surface area contributed by atoms with Gasteiger partial charge in [-0.3, -0.25) is 9.58 Å². The Kier molecular flexibility index (Phi) is 4.02. The molecular weight excluding hydrogens is 278 g/mol. The third-order valence-corrected chi connectivity index (χ3v) is 4.15. The van der Waals surface area contributed by atoms with Crippen molar-refractivity contribution in [2.45, 2.75) is 20.8 Å². The first-order chi connectivity index (χ1) is 10.5. The number of nitrogens with zero attached hydrogens (tertiary/aromatic N) is 5. The lowest BCUT2D eigenvalue weighted by Gasteiger charge is -2.30. The molecule has 2 aromatic heterocycles. The first kappa shape index (κ1) is 14.8. The summed E-state index contributed by atoms with van der Waals surface area (Å²) >= 11 is 0. The molecule has 3 rings (SSSR count). The Morgan fingerprint density at radius 2 is 1.86 bits per heavy atom. The Labute approximate surface area is 131 Å². The SMILES string of the molecule is Cc1cc(-n2c(C)cc(/C=N\N3CCN(C)CC3)c2C)no1. The smallest absolute Gasteiger partial charge is 0.180 e. The predicted octanol–water partition coefficient (Wildman–Crippen LogP) is 1.97. The molecule has 1 aliphatic heterocycles. The van der Waals surface area contributed by atoms with Crippen molar-refractivity contribution in [3.8, 4) is 5.82 Å². The van der Waals surface area contributed by atoms with Gasteiger partial charge in [0.15, 0.2) is 5.82 Å². The van der Waals surface area contributed by atoms with E-state index in [9.17, 15) is 0 Å². The van der Waals surface area contributed by atoms with Crippen molar-refractivity contribution in [2.75, 3.05) is 33.2 Å². The Morgan fingerprint density at radius 1 is 1.14 bits per heavy atom. The number of piperazine rings is 1. The van der Waals surface area contributed by atoms with Gasteiger partial charge in [0, 0.05) is 49.2 Å². The van der Waals surface area contributed by atoms with E-state index in [1.54, 1.807) is 0 Å². The standard InChI is InChI=1S/C16H23N5O/c1-12-9-15(11-17-20-7-5-19(4)6-8-20)14(3)21(12)16-10-13(2)22-18-16/h9-11H,5-8H2,1-4H3/b17-11-. The van der Waals surface area contributed by atoms with E-state index in [1.165, 1.54) is 0 Å². The van der Waals surface area contributed by atoms with Crippen LogP contribution in [0.1, 0.15) is 22.7 Å². The Bertz CT molecular complexity index is 677. The topological polar surface area (TPSA) is 49.8 Å². The Balaban J connectivity index is 1.80. The van der Waals surface area contributed by atoms with E-state index in [4.69, 9.17) is 4.52 Å². The van der Waals surface area contributed by atoms with Crippen molar-refractivity contribution >= 4 is 6.21 Å². The number of aromatic nitrogens is 2. The summed E-state index contributed by atoms with van der Waals surface area (Å²) in [4.78, 5) is 2.32. The molecule has 0 atom stereocenters. The maximum Gasteiger partial charge on any atom is 0.180 e. The third-order valence-electron chi connectivity index (χ3n) is 4.15. The molecule has 6 nitrogen and oxygen atoms in total. The van der Waals surface area contributed by atoms with Gasteiger partial charge >= 0.3 is 0 Å². The number of hydrogen-bond acceptors (Lipinski definition) is 5. The van der Waals surface area contributed by atoms with Gasteiger partial charge in [0.1, 0.15) is 5.76 Å². The number of hydrazone groups is 1. The van der Waals surface area contributed by atoms with Gasteiger partial charge in [-0.25, -0.2) is 0 Å². The van der Waals surface area contributed by atoms with E-state index >= 15 is 0 Å². The summed E-state index contributed by atoms with van der Waals surface area (Å²) in [6.07, 6.45) is 1.96. The average molecular weight is 301 g/mol. The minimum Gasteiger partial charge on any atom is -0.360 e. The third kappa shape index (κ3) is 2.92. The number of likely N-dealkylation sites (N-methyl/N-ethyl adjacent to an activating group) is 1. The van der Waals surface area contributed by atoms with Crippen molar-refractivity contribution in [1.82, 2.24) is 19.6 Å². The maximum absolute atomic E-state index is 5.19. The van der Waals surface area contributed by atoms with Gasteiger partial charge in [0.05, 0.1) is 6.21 Å². The lowest BCUT2D eigenvalue weighted by molar-refractivity contribution is 0.159. The molecule has 0 radical (unpaired) electrons. The summed E-state index contributed by atoms with van der Waals surface area (Å²) in [5.41, 5.74) is 3.38. The van der Waals surface area contributed by atoms with E-state index in [2.05, 4.69) is 51.7 Å². The average Bonchev–Trinajstić information content (AvgIpc) is 3.02. The summed E-state index contributed by atoms with van der Waals surface area (Å²) in [5, 5.41) is 10.9. The van der Waals surface area contributed by atoms with Crippen molar-refractivity contribution in [3.63, 3.8) is 0 Å². The van der Waals surface area contributed by atoms with Crippen LogP contribution in [0.25, 0.3) is 5.82 Å². The molecule has 2 aromatic rings. The largest absolute Gasteiger partial charge is 0.360 e. The van der Waals surface area contributed by atoms with Crippen molar-refractivity contribution in [1.29, 1.82) is 0 Å². The van der Waals surface area contributed by atoms with Gasteiger partial charge < -0.3 is 9.42 Å². The molecule has 0 N–H and O–H groups in total. The zero-order valence-corrected chi connectivity index (χ0v) is 13.7. The van der Waals surface area contributed by atoms with Crippen LogP contribution in [0.2, 0.25) is 0 Å². The molecule has 1 fully saturated rings. The quantitative estimate of drug-likeness (QED) is 0.813. The second kappa shape index (κ2) is 5.96. The molecule has 0 bridgehead atoms. The van der Waals surface area contributed by atoms with Crippen molar-refractivity contribution in [3.05, 3.63) is 34.8 Å². The minimum atomic E-state index is 0.815. The molecule has 0 spiro atoms. The van der Waals surface area contributed by atoms with Crippen LogP contribution in [0.5, 0.6) is 0 Å². The van der Waals surface area contributed by atoms with Gasteiger partial charge in [-0.05, 0) is 33.9 Å². The molecule has 0 aromatic carbocycles. The van der Waals surface area contributed by atoms with Gasteiger partial charge in [-0.1, -0.05) is 5.16 Å². The van der Waals surface area contributed by atoms with Crippen LogP contribution in [0, 0.1) is 20.8 Å². The first-order valence-corrected chi connectivity index (χ1v) is 7.64. The molecule has 0 amide bonds. The molecule has 0 saturated carbocycles. The van der Waals surface area contributed by atoms with E-state index < -0.39 is 0 Å². The normalized spacial score (nSPS) is 16.8. The van der Waals surface area contributed by atoms with Crippen LogP contribution in [-0.4, -0.2) is 59.1 Å². The lowest BCUT2D eigenvalue weighted by Crippen LogP contribution is -2.41. The first-order valence-electron chi connectivity index (χ1n) is 7.64. The van der Waals surface area contributed by atoms with Gasteiger partial charge in [0.25, 0.3) is 0 Å². The molecule has 6 heteroatoms. The number of aryl methyl sites for hydroxylation is 2. The summed E-state index contributed by atoms with van der Waals surface area (Å²) in [6.45, 7) is 10.2. The fraction of sp³-hybridized carbons (Fsp3) is 0.500. The number of hydrogen-bond donors (Lipinski definition) is 0. The van der Waals surface area contributed by atoms with E-state index in [0.717, 1.165) is 54.7 Å². The summed E-state index contributed by atoms with van der Waals surface area (Å²) in [7, 11) is 2.15. The molecule has 22 heavy (non-hydrogen) atoms. The molecule has 1 saturated heterocycles. The van der Waals surface area contributed by atoms with E-state index in [-0.39, 0.29) is 0 Å². The van der Waals surface area contributed by atoms with Gasteiger partial charge in [0.2, 0.25) is 0 Å². The molecule has 3 heterocycles. The van der Waals surface area contributed by atoms with Crippen LogP contribution < -0.4 is 0 Å². The highest BCUT2D eigenvalue weighted by Gasteiger charge is 2.14. The molecule has 1 aliphatic rings. The van der Waals surface area contributed by atoms with Crippen LogP contribution in [-0.2, 0) is 0 Å². The minimum absolute atomic E-state index is 0.815. The van der Waals surface area contributed by atoms with Crippen LogP contribution in [0.4, 0.5) is 0 Å². The zero-order chi connectivity index (χ0) is 15.7. The highest BCUT2D eigenvalue weighted by molar-refractivity contribution is 5.81. The van der Waals surface area contributed by atoms with Crippen molar-refractivity contribution < 1.29 is 4.52 Å². The van der Waals surface area contributed by atoms with Crippen LogP contribution in [0.15, 0.2) is 21.8 Å². The van der Waals surface area contributed by atoms with Gasteiger partial charge in [-0.15, -0.1) is 0 Å². The van der Waals surface area contributed by atoms with E-state index in [1.807, 2.05) is 19.2 Å². The predicted molar refractivity (Wildman–Crippen MR) is 86.7 cm³/mol. The molecule has 0 aliphatic carbocycles. The zero-order valence-electron chi connectivity index (χ0n) is 13.7. The highest BCUT2D eigenvalue weighted by Crippen LogP contribution is 2.19. The molecule has 118 valence electrons. The highest BCUT2D eigenvalue weighted by atomic mass is 16.5. The fourth-order valence-corrected chi connectivity index (χ4v) is 2.78. The second-order valence-corrected chi connectivity index (χ2v) is 5.96. The Hall–Kier alpha value is -2.08. The maximum atomic E-state index is 5.19. The van der Waals surface area contributed by atoms with Gasteiger partial charge in [-0.2, -0.15) is 5.10 Å². The second-order valence-electron chi connectivity index (χ2n) is 5.96. The number of rotatable bonds is 3. The lowest BCUT2D eigenvalue weighted by atomic mass is 10.3. The summed E-state index contributed by atoms with van der Waals surface area (Å²) in [5.74, 6) is 1.64. The van der Waals surface area contributed by atoms with Crippen LogP contribution in [0.3, 0.4) is 0 Å². The monoisotopic (exact) mass is 301 g/mol. The summed E-state index contributed by atoms with van der Waals surface area (Å²) in [6, 6.07) is 4.08. The molecular formula is C16H23N5O. The summed E-state index contributed by atoms with van der Waals surface area (Å²) < 4.78 is 7.29. The fourth-order valence-electron chi connectivity index (χ4n) is 2.78. The van der Waals surface area contributed by atoms with Crippen LogP contribution >= 0.6 is 0 Å². The molecule has 0 unspecified atom stereocenters. The van der Waals surface area contributed by atoms with E-state index in [0.29, 0.717) is 0 Å². The Morgan fingerprint density at radius 3 is 2.50 bits per heavy atom. The van der Waals surface area contributed by atoms with Crippen molar-refractivity contribution in [2.24, 2.45) is 5.10 Å².